The van der Waals surface area contributed by atoms with Crippen molar-refractivity contribution in [2.75, 3.05) is 39.2 Å². The fourth-order valence-corrected chi connectivity index (χ4v) is 3.43. The maximum atomic E-state index is 11.4. The van der Waals surface area contributed by atoms with Crippen molar-refractivity contribution in [2.45, 2.75) is 31.8 Å². The molecule has 1 aliphatic rings. The minimum absolute atomic E-state index is 0.000623. The molecule has 0 saturated carbocycles. The molecule has 1 rings (SSSR count). The van der Waals surface area contributed by atoms with Gasteiger partial charge in [-0.1, -0.05) is 0 Å². The summed E-state index contributed by atoms with van der Waals surface area (Å²) in [6, 6.07) is -0.0290. The summed E-state index contributed by atoms with van der Waals surface area (Å²) >= 11 is 0. The lowest BCUT2D eigenvalue weighted by Crippen LogP contribution is -2.52. The summed E-state index contributed by atoms with van der Waals surface area (Å²) in [7, 11) is 2.89. The van der Waals surface area contributed by atoms with E-state index < -0.39 is 9.84 Å². The highest BCUT2D eigenvalue weighted by atomic mass is 32.2. The van der Waals surface area contributed by atoms with E-state index in [9.17, 15) is 8.42 Å². The summed E-state index contributed by atoms with van der Waals surface area (Å²) in [6.45, 7) is 5.00. The summed E-state index contributed by atoms with van der Waals surface area (Å²) < 4.78 is 22.8. The highest BCUT2D eigenvalue weighted by Crippen LogP contribution is 2.11. The van der Waals surface area contributed by atoms with Gasteiger partial charge in [-0.25, -0.2) is 8.42 Å². The third-order valence-electron chi connectivity index (χ3n) is 3.70. The Kier molecular flexibility index (Phi) is 5.20. The standard InChI is InChI=1S/C12H26N4O2S/c1-12(2,16(4)5)9-14-11(13-3)15-10-6-7-19(17,18)8-10/h10H,6-9H2,1-5H3,(H2,13,14,15). The van der Waals surface area contributed by atoms with Gasteiger partial charge < -0.3 is 15.5 Å². The molecule has 0 aromatic heterocycles. The minimum atomic E-state index is -2.86. The van der Waals surface area contributed by atoms with Crippen LogP contribution >= 0.6 is 0 Å². The van der Waals surface area contributed by atoms with Gasteiger partial charge in [0.2, 0.25) is 0 Å². The van der Waals surface area contributed by atoms with Crippen LogP contribution in [-0.4, -0.2) is 70.1 Å². The number of rotatable bonds is 4. The molecule has 1 aliphatic heterocycles. The van der Waals surface area contributed by atoms with E-state index in [1.54, 1.807) is 7.05 Å². The lowest BCUT2D eigenvalue weighted by molar-refractivity contribution is 0.197. The van der Waals surface area contributed by atoms with Crippen molar-refractivity contribution in [1.29, 1.82) is 0 Å². The maximum Gasteiger partial charge on any atom is 0.191 e. The number of nitrogens with zero attached hydrogens (tertiary/aromatic N) is 2. The second kappa shape index (κ2) is 6.09. The first kappa shape index (κ1) is 16.2. The van der Waals surface area contributed by atoms with Gasteiger partial charge in [0.1, 0.15) is 0 Å². The van der Waals surface area contributed by atoms with E-state index in [-0.39, 0.29) is 23.1 Å². The first-order chi connectivity index (χ1) is 8.66. The largest absolute Gasteiger partial charge is 0.355 e. The van der Waals surface area contributed by atoms with Crippen LogP contribution in [0.25, 0.3) is 0 Å². The molecule has 0 amide bonds. The maximum absolute atomic E-state index is 11.4. The topological polar surface area (TPSA) is 73.8 Å². The zero-order valence-corrected chi connectivity index (χ0v) is 13.3. The first-order valence-corrected chi connectivity index (χ1v) is 8.33. The molecule has 1 unspecified atom stereocenters. The summed E-state index contributed by atoms with van der Waals surface area (Å²) in [5.41, 5.74) is -0.000623. The zero-order chi connectivity index (χ0) is 14.7. The lowest BCUT2D eigenvalue weighted by Gasteiger charge is -2.33. The molecule has 6 nitrogen and oxygen atoms in total. The van der Waals surface area contributed by atoms with Crippen molar-refractivity contribution >= 4 is 15.8 Å². The third kappa shape index (κ3) is 4.99. The second-order valence-corrected chi connectivity index (χ2v) is 8.11. The molecule has 7 heteroatoms. The molecule has 2 N–H and O–H groups in total. The van der Waals surface area contributed by atoms with Crippen LogP contribution in [0.1, 0.15) is 20.3 Å². The normalized spacial score (nSPS) is 23.7. The molecule has 0 bridgehead atoms. The number of nitrogens with one attached hydrogen (secondary N) is 2. The van der Waals surface area contributed by atoms with Crippen LogP contribution in [0.2, 0.25) is 0 Å². The van der Waals surface area contributed by atoms with Gasteiger partial charge in [0.05, 0.1) is 11.5 Å². The first-order valence-electron chi connectivity index (χ1n) is 6.51. The van der Waals surface area contributed by atoms with Crippen molar-refractivity contribution in [3.8, 4) is 0 Å². The fraction of sp³-hybridized carbons (Fsp3) is 0.917. The highest BCUT2D eigenvalue weighted by molar-refractivity contribution is 7.91. The molecule has 1 saturated heterocycles. The Morgan fingerprint density at radius 3 is 2.47 bits per heavy atom. The Balaban J connectivity index is 2.48. The van der Waals surface area contributed by atoms with E-state index in [0.717, 1.165) is 6.54 Å². The van der Waals surface area contributed by atoms with E-state index in [1.807, 2.05) is 14.1 Å². The second-order valence-electron chi connectivity index (χ2n) is 5.88. The van der Waals surface area contributed by atoms with Gasteiger partial charge in [-0.3, -0.25) is 4.99 Å². The zero-order valence-electron chi connectivity index (χ0n) is 12.5. The smallest absolute Gasteiger partial charge is 0.191 e. The predicted octanol–water partition coefficient (Wildman–Crippen LogP) is -0.321. The van der Waals surface area contributed by atoms with E-state index in [1.165, 1.54) is 0 Å². The Hall–Kier alpha value is -0.820. The van der Waals surface area contributed by atoms with Crippen LogP contribution in [0, 0.1) is 0 Å². The van der Waals surface area contributed by atoms with Gasteiger partial charge in [0.15, 0.2) is 15.8 Å². The number of hydrogen-bond acceptors (Lipinski definition) is 4. The molecule has 112 valence electrons. The van der Waals surface area contributed by atoms with E-state index in [4.69, 9.17) is 0 Å². The molecule has 1 heterocycles. The number of guanidine groups is 1. The predicted molar refractivity (Wildman–Crippen MR) is 79.3 cm³/mol. The van der Waals surface area contributed by atoms with Gasteiger partial charge in [-0.15, -0.1) is 0 Å². The number of hydrogen-bond donors (Lipinski definition) is 2. The molecule has 1 fully saturated rings. The molecule has 1 atom stereocenters. The highest BCUT2D eigenvalue weighted by Gasteiger charge is 2.28. The van der Waals surface area contributed by atoms with Gasteiger partial charge in [-0.2, -0.15) is 0 Å². The Morgan fingerprint density at radius 1 is 1.42 bits per heavy atom. The van der Waals surface area contributed by atoms with E-state index >= 15 is 0 Å². The average molecular weight is 290 g/mol. The Bertz CT molecular complexity index is 429. The molecule has 0 aromatic carbocycles. The number of sulfone groups is 1. The van der Waals surface area contributed by atoms with Gasteiger partial charge in [0.25, 0.3) is 0 Å². The van der Waals surface area contributed by atoms with Gasteiger partial charge >= 0.3 is 0 Å². The molecular formula is C12H26N4O2S. The van der Waals surface area contributed by atoms with Crippen molar-refractivity contribution < 1.29 is 8.42 Å². The molecule has 0 aromatic rings. The Labute approximate surface area is 116 Å². The van der Waals surface area contributed by atoms with Crippen LogP contribution in [-0.2, 0) is 9.84 Å². The van der Waals surface area contributed by atoms with Crippen LogP contribution < -0.4 is 10.6 Å². The summed E-state index contributed by atoms with van der Waals surface area (Å²) in [4.78, 5) is 6.28. The summed E-state index contributed by atoms with van der Waals surface area (Å²) in [6.07, 6.45) is 0.653. The van der Waals surface area contributed by atoms with Gasteiger partial charge in [-0.05, 0) is 34.4 Å². The average Bonchev–Trinajstić information content (AvgIpc) is 2.63. The molecule has 0 spiro atoms. The third-order valence-corrected chi connectivity index (χ3v) is 5.46. The fourth-order valence-electron chi connectivity index (χ4n) is 1.75. The molecule has 19 heavy (non-hydrogen) atoms. The van der Waals surface area contributed by atoms with E-state index in [2.05, 4.69) is 34.4 Å². The van der Waals surface area contributed by atoms with E-state index in [0.29, 0.717) is 12.4 Å². The summed E-state index contributed by atoms with van der Waals surface area (Å²) in [5.74, 6) is 1.13. The lowest BCUT2D eigenvalue weighted by atomic mass is 10.0. The SMILES string of the molecule is CN=C(NCC(C)(C)N(C)C)NC1CCS(=O)(=O)C1. The molecule has 0 aliphatic carbocycles. The van der Waals surface area contributed by atoms with Crippen molar-refractivity contribution in [2.24, 2.45) is 4.99 Å². The quantitative estimate of drug-likeness (QED) is 0.548. The molecular weight excluding hydrogens is 264 g/mol. The van der Waals surface area contributed by atoms with Crippen LogP contribution in [0.15, 0.2) is 4.99 Å². The van der Waals surface area contributed by atoms with Crippen molar-refractivity contribution in [1.82, 2.24) is 15.5 Å². The monoisotopic (exact) mass is 290 g/mol. The van der Waals surface area contributed by atoms with Crippen molar-refractivity contribution in [3.05, 3.63) is 0 Å². The Morgan fingerprint density at radius 2 is 2.05 bits per heavy atom. The number of aliphatic imine (C=N–C) groups is 1. The number of likely N-dealkylation sites (N-methyl/N-ethyl adjacent to an activating group) is 1. The van der Waals surface area contributed by atoms with Crippen LogP contribution in [0.5, 0.6) is 0 Å². The van der Waals surface area contributed by atoms with Crippen molar-refractivity contribution in [3.63, 3.8) is 0 Å². The van der Waals surface area contributed by atoms with Gasteiger partial charge in [0, 0.05) is 25.2 Å². The van der Waals surface area contributed by atoms with Crippen LogP contribution in [0.4, 0.5) is 0 Å². The summed E-state index contributed by atoms with van der Waals surface area (Å²) in [5, 5.41) is 6.42. The minimum Gasteiger partial charge on any atom is -0.355 e. The van der Waals surface area contributed by atoms with Crippen LogP contribution in [0.3, 0.4) is 0 Å². The molecule has 0 radical (unpaired) electrons.